The van der Waals surface area contributed by atoms with Gasteiger partial charge >= 0.3 is 0 Å². The molecule has 0 aliphatic heterocycles. The van der Waals surface area contributed by atoms with Crippen molar-refractivity contribution in [2.75, 3.05) is 0 Å². The molecule has 0 aliphatic carbocycles. The zero-order chi connectivity index (χ0) is 13.9. The third-order valence-electron chi connectivity index (χ3n) is 2.31. The lowest BCUT2D eigenvalue weighted by Crippen LogP contribution is -2.26. The number of aliphatic hydroxyl groups is 2. The highest BCUT2D eigenvalue weighted by Gasteiger charge is 2.24. The molecule has 0 spiro atoms. The van der Waals surface area contributed by atoms with Crippen LogP contribution in [0, 0.1) is 23.0 Å². The highest BCUT2D eigenvalue weighted by molar-refractivity contribution is 5.74. The van der Waals surface area contributed by atoms with Crippen molar-refractivity contribution >= 4 is 5.91 Å². The summed E-state index contributed by atoms with van der Waals surface area (Å²) >= 11 is 0. The maximum atomic E-state index is 13.0. The van der Waals surface area contributed by atoms with Gasteiger partial charge in [-0.05, 0) is 12.1 Å². The van der Waals surface area contributed by atoms with Gasteiger partial charge in [0.2, 0.25) is 5.91 Å². The SMILES string of the molecule is N#Cc1cc(F)c(F)cc1C(O)C(O)CC(N)=O. The number of halogens is 2. The summed E-state index contributed by atoms with van der Waals surface area (Å²) in [6.45, 7) is 0. The van der Waals surface area contributed by atoms with Gasteiger partial charge < -0.3 is 15.9 Å². The minimum atomic E-state index is -1.71. The molecule has 0 fully saturated rings. The summed E-state index contributed by atoms with van der Waals surface area (Å²) in [7, 11) is 0. The van der Waals surface area contributed by atoms with Gasteiger partial charge in [-0.1, -0.05) is 0 Å². The van der Waals surface area contributed by atoms with Crippen LogP contribution in [0.15, 0.2) is 12.1 Å². The molecule has 0 aromatic heterocycles. The van der Waals surface area contributed by atoms with Gasteiger partial charge in [0.05, 0.1) is 24.2 Å². The molecule has 0 saturated heterocycles. The van der Waals surface area contributed by atoms with E-state index < -0.39 is 36.2 Å². The maximum absolute atomic E-state index is 13.0. The Hall–Kier alpha value is -2.04. The molecule has 0 bridgehead atoms. The Morgan fingerprint density at radius 2 is 1.94 bits per heavy atom. The highest BCUT2D eigenvalue weighted by atomic mass is 19.2. The lowest BCUT2D eigenvalue weighted by atomic mass is 9.97. The number of primary amides is 1. The van der Waals surface area contributed by atoms with Crippen molar-refractivity contribution < 1.29 is 23.8 Å². The van der Waals surface area contributed by atoms with E-state index in [-0.39, 0.29) is 11.1 Å². The minimum absolute atomic E-state index is 0.301. The van der Waals surface area contributed by atoms with Crippen molar-refractivity contribution in [3.8, 4) is 6.07 Å². The third kappa shape index (κ3) is 3.00. The van der Waals surface area contributed by atoms with Crippen LogP contribution in [-0.4, -0.2) is 22.2 Å². The van der Waals surface area contributed by atoms with Crippen LogP contribution < -0.4 is 5.73 Å². The lowest BCUT2D eigenvalue weighted by molar-refractivity contribution is -0.121. The smallest absolute Gasteiger partial charge is 0.220 e. The summed E-state index contributed by atoms with van der Waals surface area (Å²) in [6, 6.07) is 2.76. The first-order valence-electron chi connectivity index (χ1n) is 4.90. The standard InChI is InChI=1S/C11H10F2N2O3/c12-7-1-5(4-14)6(2-8(7)13)11(18)9(16)3-10(15)17/h1-2,9,11,16,18H,3H2,(H2,15,17). The zero-order valence-corrected chi connectivity index (χ0v) is 9.10. The Balaban J connectivity index is 3.12. The molecule has 1 aromatic carbocycles. The molecule has 1 amide bonds. The number of rotatable bonds is 4. The van der Waals surface area contributed by atoms with E-state index in [1.807, 2.05) is 0 Å². The molecule has 2 atom stereocenters. The number of hydrogen-bond donors (Lipinski definition) is 3. The molecule has 0 heterocycles. The van der Waals surface area contributed by atoms with Gasteiger partial charge in [-0.15, -0.1) is 0 Å². The number of carbonyl (C=O) groups is 1. The largest absolute Gasteiger partial charge is 0.390 e. The Kier molecular flexibility index (Phi) is 4.31. The third-order valence-corrected chi connectivity index (χ3v) is 2.31. The fourth-order valence-corrected chi connectivity index (χ4v) is 1.43. The fourth-order valence-electron chi connectivity index (χ4n) is 1.43. The molecule has 0 radical (unpaired) electrons. The second-order valence-electron chi connectivity index (χ2n) is 3.65. The van der Waals surface area contributed by atoms with Crippen molar-refractivity contribution in [3.63, 3.8) is 0 Å². The monoisotopic (exact) mass is 256 g/mol. The average molecular weight is 256 g/mol. The molecular formula is C11H10F2N2O3. The second kappa shape index (κ2) is 5.53. The van der Waals surface area contributed by atoms with Crippen molar-refractivity contribution in [2.24, 2.45) is 5.73 Å². The number of aliphatic hydroxyl groups excluding tert-OH is 2. The molecule has 0 aliphatic rings. The molecule has 1 aromatic rings. The molecule has 18 heavy (non-hydrogen) atoms. The van der Waals surface area contributed by atoms with Crippen LogP contribution in [0.4, 0.5) is 8.78 Å². The Labute approximate surface area is 101 Å². The van der Waals surface area contributed by atoms with Gasteiger partial charge in [-0.2, -0.15) is 5.26 Å². The van der Waals surface area contributed by atoms with Gasteiger partial charge in [0.1, 0.15) is 6.10 Å². The van der Waals surface area contributed by atoms with Gasteiger partial charge in [-0.25, -0.2) is 8.78 Å². The maximum Gasteiger partial charge on any atom is 0.220 e. The summed E-state index contributed by atoms with van der Waals surface area (Å²) in [4.78, 5) is 10.6. The fraction of sp³-hybridized carbons (Fsp3) is 0.273. The van der Waals surface area contributed by atoms with Crippen LogP contribution in [-0.2, 0) is 4.79 Å². The van der Waals surface area contributed by atoms with Crippen LogP contribution in [0.1, 0.15) is 23.7 Å². The number of nitriles is 1. The van der Waals surface area contributed by atoms with Crippen LogP contribution in [0.3, 0.4) is 0 Å². The average Bonchev–Trinajstić information content (AvgIpc) is 2.30. The summed E-state index contributed by atoms with van der Waals surface area (Å²) in [5.74, 6) is -3.39. The van der Waals surface area contributed by atoms with Crippen LogP contribution >= 0.6 is 0 Å². The molecule has 4 N–H and O–H groups in total. The van der Waals surface area contributed by atoms with E-state index >= 15 is 0 Å². The Morgan fingerprint density at radius 3 is 2.44 bits per heavy atom. The number of benzene rings is 1. The number of carbonyl (C=O) groups excluding carboxylic acids is 1. The van der Waals surface area contributed by atoms with Gasteiger partial charge in [-0.3, -0.25) is 4.79 Å². The van der Waals surface area contributed by atoms with Crippen molar-refractivity contribution in [1.82, 2.24) is 0 Å². The Morgan fingerprint density at radius 1 is 1.39 bits per heavy atom. The van der Waals surface area contributed by atoms with Crippen LogP contribution in [0.2, 0.25) is 0 Å². The molecule has 0 saturated carbocycles. The molecule has 1 rings (SSSR count). The van der Waals surface area contributed by atoms with E-state index in [1.54, 1.807) is 6.07 Å². The molecule has 7 heteroatoms. The van der Waals surface area contributed by atoms with Crippen LogP contribution in [0.25, 0.3) is 0 Å². The van der Waals surface area contributed by atoms with E-state index in [0.717, 1.165) is 0 Å². The first-order valence-corrected chi connectivity index (χ1v) is 4.90. The topological polar surface area (TPSA) is 107 Å². The predicted molar refractivity (Wildman–Crippen MR) is 55.9 cm³/mol. The van der Waals surface area contributed by atoms with Crippen molar-refractivity contribution in [1.29, 1.82) is 5.26 Å². The number of amides is 1. The summed E-state index contributed by atoms with van der Waals surface area (Å²) in [6.07, 6.45) is -3.87. The first kappa shape index (κ1) is 14.0. The van der Waals surface area contributed by atoms with E-state index in [9.17, 15) is 23.8 Å². The Bertz CT molecular complexity index is 514. The summed E-state index contributed by atoms with van der Waals surface area (Å²) in [5.41, 5.74) is 4.20. The quantitative estimate of drug-likeness (QED) is 0.710. The van der Waals surface area contributed by atoms with E-state index in [2.05, 4.69) is 0 Å². The van der Waals surface area contributed by atoms with E-state index in [0.29, 0.717) is 12.1 Å². The van der Waals surface area contributed by atoms with Crippen molar-refractivity contribution in [2.45, 2.75) is 18.6 Å². The number of nitrogens with zero attached hydrogens (tertiary/aromatic N) is 1. The number of hydrogen-bond acceptors (Lipinski definition) is 4. The molecular weight excluding hydrogens is 246 g/mol. The number of nitrogens with two attached hydrogens (primary N) is 1. The summed E-state index contributed by atoms with van der Waals surface area (Å²) in [5, 5.41) is 27.8. The van der Waals surface area contributed by atoms with Crippen molar-refractivity contribution in [3.05, 3.63) is 34.9 Å². The first-order chi connectivity index (χ1) is 8.36. The van der Waals surface area contributed by atoms with Gasteiger partial charge in [0.25, 0.3) is 0 Å². The predicted octanol–water partition coefficient (Wildman–Crippen LogP) is 0.106. The minimum Gasteiger partial charge on any atom is -0.390 e. The molecule has 5 nitrogen and oxygen atoms in total. The van der Waals surface area contributed by atoms with Crippen LogP contribution in [0.5, 0.6) is 0 Å². The highest BCUT2D eigenvalue weighted by Crippen LogP contribution is 2.24. The summed E-state index contributed by atoms with van der Waals surface area (Å²) < 4.78 is 25.9. The normalized spacial score (nSPS) is 13.7. The van der Waals surface area contributed by atoms with E-state index in [4.69, 9.17) is 11.0 Å². The zero-order valence-electron chi connectivity index (χ0n) is 9.10. The molecule has 96 valence electrons. The van der Waals surface area contributed by atoms with Gasteiger partial charge in [0.15, 0.2) is 11.6 Å². The van der Waals surface area contributed by atoms with E-state index in [1.165, 1.54) is 0 Å². The van der Waals surface area contributed by atoms with Gasteiger partial charge in [0, 0.05) is 5.56 Å². The molecule has 2 unspecified atom stereocenters. The second-order valence-corrected chi connectivity index (χ2v) is 3.65. The lowest BCUT2D eigenvalue weighted by Gasteiger charge is -2.18.